The Labute approximate surface area is 176 Å². The summed E-state index contributed by atoms with van der Waals surface area (Å²) < 4.78 is 6.61. The Bertz CT molecular complexity index is 1140. The predicted molar refractivity (Wildman–Crippen MR) is 119 cm³/mol. The highest BCUT2D eigenvalue weighted by molar-refractivity contribution is 9.10. The minimum absolute atomic E-state index is 0.297. The van der Waals surface area contributed by atoms with E-state index in [1.54, 1.807) is 6.26 Å². The van der Waals surface area contributed by atoms with Crippen molar-refractivity contribution in [1.82, 2.24) is 4.98 Å². The molecule has 0 fully saturated rings. The number of aryl methyl sites for hydroxylation is 1. The highest BCUT2D eigenvalue weighted by atomic mass is 79.9. The van der Waals surface area contributed by atoms with Gasteiger partial charge in [-0.15, -0.1) is 0 Å². The third-order valence-corrected chi connectivity index (χ3v) is 4.82. The summed E-state index contributed by atoms with van der Waals surface area (Å²) in [6, 6.07) is 22.6. The summed E-state index contributed by atoms with van der Waals surface area (Å²) in [5, 5.41) is 5.62. The van der Waals surface area contributed by atoms with Crippen LogP contribution in [0.4, 0.5) is 16.2 Å². The molecule has 0 bridgehead atoms. The van der Waals surface area contributed by atoms with E-state index in [0.717, 1.165) is 32.5 Å². The van der Waals surface area contributed by atoms with Crippen LogP contribution in [0, 0.1) is 6.92 Å². The Balaban J connectivity index is 1.43. The van der Waals surface area contributed by atoms with Gasteiger partial charge in [0.05, 0.1) is 0 Å². The van der Waals surface area contributed by atoms with Crippen molar-refractivity contribution < 1.29 is 9.21 Å². The van der Waals surface area contributed by atoms with Gasteiger partial charge in [-0.25, -0.2) is 9.78 Å². The largest absolute Gasteiger partial charge is 0.444 e. The van der Waals surface area contributed by atoms with Gasteiger partial charge >= 0.3 is 6.03 Å². The number of nitrogens with one attached hydrogen (secondary N) is 2. The lowest BCUT2D eigenvalue weighted by Gasteiger charge is -2.08. The van der Waals surface area contributed by atoms with Gasteiger partial charge in [0, 0.05) is 27.0 Å². The van der Waals surface area contributed by atoms with E-state index in [-0.39, 0.29) is 6.03 Å². The summed E-state index contributed by atoms with van der Waals surface area (Å²) in [6.45, 7) is 2.00. The highest BCUT2D eigenvalue weighted by Crippen LogP contribution is 2.27. The number of urea groups is 1. The van der Waals surface area contributed by atoms with E-state index in [0.29, 0.717) is 11.6 Å². The van der Waals surface area contributed by atoms with Crippen molar-refractivity contribution in [3.63, 3.8) is 0 Å². The first-order valence-corrected chi connectivity index (χ1v) is 9.83. The van der Waals surface area contributed by atoms with Crippen LogP contribution in [0.2, 0.25) is 0 Å². The van der Waals surface area contributed by atoms with Crippen LogP contribution in [0.15, 0.2) is 87.9 Å². The topological polar surface area (TPSA) is 67.2 Å². The first-order chi connectivity index (χ1) is 14.1. The van der Waals surface area contributed by atoms with Crippen LogP contribution in [-0.4, -0.2) is 11.0 Å². The Morgan fingerprint density at radius 1 is 0.897 bits per heavy atom. The van der Waals surface area contributed by atoms with Gasteiger partial charge in [0.25, 0.3) is 0 Å². The van der Waals surface area contributed by atoms with Crippen molar-refractivity contribution in [2.75, 3.05) is 10.6 Å². The SMILES string of the molecule is Cc1ccc(NC(=O)Nc2ccc(-c3nc(-c4cccc(Br)c4)co3)cc2)cc1. The van der Waals surface area contributed by atoms with Gasteiger partial charge in [0.1, 0.15) is 12.0 Å². The van der Waals surface area contributed by atoms with Crippen LogP contribution in [0.1, 0.15) is 5.56 Å². The molecule has 3 aromatic carbocycles. The first kappa shape index (κ1) is 19.0. The lowest BCUT2D eigenvalue weighted by molar-refractivity contribution is 0.262. The number of carbonyl (C=O) groups excluding carboxylic acids is 1. The Kier molecular flexibility index (Phi) is 5.44. The molecule has 0 aliphatic carbocycles. The number of nitrogens with zero attached hydrogens (tertiary/aromatic N) is 1. The zero-order chi connectivity index (χ0) is 20.2. The summed E-state index contributed by atoms with van der Waals surface area (Å²) in [5.74, 6) is 0.524. The number of hydrogen-bond acceptors (Lipinski definition) is 3. The van der Waals surface area contributed by atoms with Gasteiger partial charge in [-0.2, -0.15) is 0 Å². The maximum absolute atomic E-state index is 12.2. The van der Waals surface area contributed by atoms with Gasteiger partial charge in [-0.05, 0) is 55.5 Å². The van der Waals surface area contributed by atoms with Crippen molar-refractivity contribution in [3.05, 3.63) is 89.1 Å². The van der Waals surface area contributed by atoms with E-state index >= 15 is 0 Å². The van der Waals surface area contributed by atoms with Crippen LogP contribution in [-0.2, 0) is 0 Å². The van der Waals surface area contributed by atoms with E-state index in [1.165, 1.54) is 0 Å². The number of hydrogen-bond donors (Lipinski definition) is 2. The Morgan fingerprint density at radius 2 is 1.55 bits per heavy atom. The molecule has 29 heavy (non-hydrogen) atoms. The van der Waals surface area contributed by atoms with Crippen molar-refractivity contribution in [2.24, 2.45) is 0 Å². The van der Waals surface area contributed by atoms with Crippen molar-refractivity contribution in [1.29, 1.82) is 0 Å². The molecule has 0 unspecified atom stereocenters. The molecule has 5 nitrogen and oxygen atoms in total. The second-order valence-electron chi connectivity index (χ2n) is 6.57. The molecular weight excluding hydrogens is 430 g/mol. The van der Waals surface area contributed by atoms with Gasteiger partial charge < -0.3 is 15.1 Å². The fourth-order valence-electron chi connectivity index (χ4n) is 2.81. The van der Waals surface area contributed by atoms with Gasteiger partial charge in [0.15, 0.2) is 0 Å². The normalized spacial score (nSPS) is 10.6. The van der Waals surface area contributed by atoms with Crippen molar-refractivity contribution >= 4 is 33.3 Å². The van der Waals surface area contributed by atoms with Gasteiger partial charge in [0.2, 0.25) is 5.89 Å². The van der Waals surface area contributed by atoms with E-state index in [2.05, 4.69) is 31.5 Å². The number of aromatic nitrogens is 1. The molecule has 144 valence electrons. The van der Waals surface area contributed by atoms with E-state index < -0.39 is 0 Å². The fourth-order valence-corrected chi connectivity index (χ4v) is 3.21. The van der Waals surface area contributed by atoms with Crippen LogP contribution in [0.25, 0.3) is 22.7 Å². The average Bonchev–Trinajstić information content (AvgIpc) is 3.21. The molecule has 1 aromatic heterocycles. The second-order valence-corrected chi connectivity index (χ2v) is 7.49. The lowest BCUT2D eigenvalue weighted by Crippen LogP contribution is -2.19. The summed E-state index contributed by atoms with van der Waals surface area (Å²) >= 11 is 3.46. The Hall–Kier alpha value is -3.38. The molecule has 1 heterocycles. The summed E-state index contributed by atoms with van der Waals surface area (Å²) in [7, 11) is 0. The minimum atomic E-state index is -0.297. The monoisotopic (exact) mass is 447 g/mol. The predicted octanol–water partition coefficient (Wildman–Crippen LogP) is 6.72. The van der Waals surface area contributed by atoms with Gasteiger partial charge in [-0.3, -0.25) is 0 Å². The maximum Gasteiger partial charge on any atom is 0.323 e. The molecular formula is C23H18BrN3O2. The number of carbonyl (C=O) groups is 1. The van der Waals surface area contributed by atoms with Crippen LogP contribution in [0.3, 0.4) is 0 Å². The van der Waals surface area contributed by atoms with Crippen LogP contribution < -0.4 is 10.6 Å². The molecule has 0 atom stereocenters. The number of halogens is 1. The molecule has 6 heteroatoms. The average molecular weight is 448 g/mol. The summed E-state index contributed by atoms with van der Waals surface area (Å²) in [6.07, 6.45) is 1.64. The zero-order valence-corrected chi connectivity index (χ0v) is 17.2. The molecule has 0 saturated carbocycles. The smallest absolute Gasteiger partial charge is 0.323 e. The molecule has 2 amide bonds. The Morgan fingerprint density at radius 3 is 2.21 bits per heavy atom. The third kappa shape index (κ3) is 4.73. The summed E-state index contributed by atoms with van der Waals surface area (Å²) in [4.78, 5) is 16.7. The van der Waals surface area contributed by atoms with E-state index in [4.69, 9.17) is 4.42 Å². The zero-order valence-electron chi connectivity index (χ0n) is 15.6. The molecule has 4 rings (SSSR count). The number of amides is 2. The van der Waals surface area contributed by atoms with E-state index in [1.807, 2.05) is 79.7 Å². The first-order valence-electron chi connectivity index (χ1n) is 9.03. The lowest BCUT2D eigenvalue weighted by atomic mass is 10.2. The number of oxazole rings is 1. The van der Waals surface area contributed by atoms with Crippen molar-refractivity contribution in [2.45, 2.75) is 6.92 Å². The molecule has 4 aromatic rings. The molecule has 0 aliphatic rings. The number of anilines is 2. The maximum atomic E-state index is 12.2. The number of rotatable bonds is 4. The molecule has 0 saturated heterocycles. The molecule has 0 spiro atoms. The van der Waals surface area contributed by atoms with Crippen molar-refractivity contribution in [3.8, 4) is 22.7 Å². The molecule has 2 N–H and O–H groups in total. The molecule has 0 aliphatic heterocycles. The quantitative estimate of drug-likeness (QED) is 0.364. The van der Waals surface area contributed by atoms with Crippen LogP contribution >= 0.6 is 15.9 Å². The highest BCUT2D eigenvalue weighted by Gasteiger charge is 2.09. The second kappa shape index (κ2) is 8.32. The standard InChI is InChI=1S/C23H18BrN3O2/c1-15-5-9-19(10-6-15)25-23(28)26-20-11-7-16(8-12-20)22-27-21(14-29-22)17-3-2-4-18(24)13-17/h2-14H,1H3,(H2,25,26,28). The van der Waals surface area contributed by atoms with Crippen LogP contribution in [0.5, 0.6) is 0 Å². The number of benzene rings is 3. The fraction of sp³-hybridized carbons (Fsp3) is 0.0435. The van der Waals surface area contributed by atoms with E-state index in [9.17, 15) is 4.79 Å². The minimum Gasteiger partial charge on any atom is -0.444 e. The molecule has 0 radical (unpaired) electrons. The summed E-state index contributed by atoms with van der Waals surface area (Å²) in [5.41, 5.74) is 5.13. The van der Waals surface area contributed by atoms with Gasteiger partial charge in [-0.1, -0.05) is 45.8 Å². The third-order valence-electron chi connectivity index (χ3n) is 4.32.